The van der Waals surface area contributed by atoms with Crippen molar-refractivity contribution in [2.45, 2.75) is 65.6 Å². The van der Waals surface area contributed by atoms with Gasteiger partial charge in [0.15, 0.2) is 6.10 Å². The number of rotatable bonds is 4. The van der Waals surface area contributed by atoms with Crippen molar-refractivity contribution in [3.63, 3.8) is 0 Å². The number of hydrogen-bond acceptors (Lipinski definition) is 3. The molecule has 1 saturated carbocycles. The normalized spacial score (nSPS) is 31.3. The van der Waals surface area contributed by atoms with Gasteiger partial charge in [0.1, 0.15) is 6.10 Å². The van der Waals surface area contributed by atoms with Crippen molar-refractivity contribution in [3.05, 3.63) is 0 Å². The monoisotopic (exact) mass is 242 g/mol. The van der Waals surface area contributed by atoms with E-state index in [9.17, 15) is 9.90 Å². The molecule has 1 aliphatic carbocycles. The second-order valence-electron chi connectivity index (χ2n) is 5.73. The first-order chi connectivity index (χ1) is 7.95. The van der Waals surface area contributed by atoms with Crippen LogP contribution in [0.1, 0.15) is 53.4 Å². The number of hydrogen-bond donors (Lipinski definition) is 1. The Hall–Kier alpha value is -0.570. The Morgan fingerprint density at radius 2 is 2.06 bits per heavy atom. The van der Waals surface area contributed by atoms with Crippen LogP contribution in [0, 0.1) is 17.8 Å². The molecule has 1 aliphatic rings. The minimum atomic E-state index is -0.958. The van der Waals surface area contributed by atoms with E-state index in [4.69, 9.17) is 4.74 Å². The molecule has 0 bridgehead atoms. The van der Waals surface area contributed by atoms with Gasteiger partial charge in [-0.25, -0.2) is 4.79 Å². The van der Waals surface area contributed by atoms with Crippen LogP contribution in [0.3, 0.4) is 0 Å². The first kappa shape index (κ1) is 14.5. The molecule has 1 fully saturated rings. The zero-order valence-electron chi connectivity index (χ0n) is 11.5. The lowest BCUT2D eigenvalue weighted by atomic mass is 9.75. The third kappa shape index (κ3) is 3.98. The summed E-state index contributed by atoms with van der Waals surface area (Å²) in [6, 6.07) is 0. The van der Waals surface area contributed by atoms with Crippen LogP contribution in [0.25, 0.3) is 0 Å². The number of carbonyl (C=O) groups is 1. The van der Waals surface area contributed by atoms with E-state index in [1.807, 2.05) is 0 Å². The zero-order chi connectivity index (χ0) is 13.0. The van der Waals surface area contributed by atoms with Crippen molar-refractivity contribution in [1.29, 1.82) is 0 Å². The molecule has 0 amide bonds. The molecule has 0 spiro atoms. The fourth-order valence-electron chi connectivity index (χ4n) is 2.64. The third-order valence-corrected chi connectivity index (χ3v) is 3.89. The quantitative estimate of drug-likeness (QED) is 0.771. The lowest BCUT2D eigenvalue weighted by Crippen LogP contribution is -2.38. The number of carbonyl (C=O) groups excluding carboxylic acids is 1. The molecule has 100 valence electrons. The molecule has 1 N–H and O–H groups in total. The molecule has 0 aromatic heterocycles. The van der Waals surface area contributed by atoms with E-state index in [0.29, 0.717) is 24.2 Å². The van der Waals surface area contributed by atoms with E-state index >= 15 is 0 Å². The molecule has 0 radical (unpaired) electrons. The Morgan fingerprint density at radius 1 is 1.41 bits per heavy atom. The summed E-state index contributed by atoms with van der Waals surface area (Å²) in [5.41, 5.74) is 0. The van der Waals surface area contributed by atoms with Gasteiger partial charge in [-0.2, -0.15) is 0 Å². The number of ether oxygens (including phenoxy) is 1. The van der Waals surface area contributed by atoms with Gasteiger partial charge in [0.2, 0.25) is 0 Å². The fraction of sp³-hybridized carbons (Fsp3) is 0.929. The summed E-state index contributed by atoms with van der Waals surface area (Å²) in [6.45, 7) is 8.35. The number of aliphatic hydroxyl groups is 1. The van der Waals surface area contributed by atoms with Gasteiger partial charge in [-0.3, -0.25) is 0 Å². The highest BCUT2D eigenvalue weighted by atomic mass is 16.6. The maximum Gasteiger partial charge on any atom is 0.335 e. The first-order valence-electron chi connectivity index (χ1n) is 6.84. The molecule has 4 atom stereocenters. The van der Waals surface area contributed by atoms with Crippen molar-refractivity contribution in [2.24, 2.45) is 17.8 Å². The van der Waals surface area contributed by atoms with Gasteiger partial charge in [0.25, 0.3) is 0 Å². The number of aliphatic hydroxyl groups excluding tert-OH is 1. The van der Waals surface area contributed by atoms with Crippen molar-refractivity contribution in [2.75, 3.05) is 0 Å². The summed E-state index contributed by atoms with van der Waals surface area (Å²) in [4.78, 5) is 11.6. The average Bonchev–Trinajstić information content (AvgIpc) is 2.27. The highest BCUT2D eigenvalue weighted by Gasteiger charge is 2.34. The van der Waals surface area contributed by atoms with Crippen molar-refractivity contribution < 1.29 is 14.6 Å². The van der Waals surface area contributed by atoms with Crippen molar-refractivity contribution in [3.8, 4) is 0 Å². The highest BCUT2D eigenvalue weighted by Crippen LogP contribution is 2.35. The van der Waals surface area contributed by atoms with Gasteiger partial charge in [-0.05, 0) is 37.0 Å². The summed E-state index contributed by atoms with van der Waals surface area (Å²) >= 11 is 0. The first-order valence-corrected chi connectivity index (χ1v) is 6.84. The maximum absolute atomic E-state index is 11.6. The van der Waals surface area contributed by atoms with Crippen LogP contribution in [0.2, 0.25) is 0 Å². The maximum atomic E-state index is 11.6. The summed E-state index contributed by atoms with van der Waals surface area (Å²) in [5.74, 6) is 1.14. The number of esters is 1. The van der Waals surface area contributed by atoms with Gasteiger partial charge in [-0.15, -0.1) is 0 Å². The standard InChI is InChI=1S/C14H26O3/c1-5-12(15)14(16)17-13-8-10(4)6-7-11(13)9(2)3/h9-13,15H,5-8H2,1-4H3. The minimum absolute atomic E-state index is 0.00699. The van der Waals surface area contributed by atoms with Crippen LogP contribution < -0.4 is 0 Å². The Balaban J connectivity index is 2.60. The Bertz CT molecular complexity index is 250. The molecule has 0 aromatic carbocycles. The van der Waals surface area contributed by atoms with Crippen molar-refractivity contribution >= 4 is 5.97 Å². The third-order valence-electron chi connectivity index (χ3n) is 3.89. The van der Waals surface area contributed by atoms with E-state index in [2.05, 4.69) is 20.8 Å². The lowest BCUT2D eigenvalue weighted by molar-refractivity contribution is -0.166. The minimum Gasteiger partial charge on any atom is -0.460 e. The van der Waals surface area contributed by atoms with E-state index in [1.165, 1.54) is 6.42 Å². The summed E-state index contributed by atoms with van der Waals surface area (Å²) in [6.07, 6.45) is 2.73. The van der Waals surface area contributed by atoms with Gasteiger partial charge in [0.05, 0.1) is 0 Å². The second kappa shape index (κ2) is 6.39. The second-order valence-corrected chi connectivity index (χ2v) is 5.73. The predicted octanol–water partition coefficient (Wildman–Crippen LogP) is 2.76. The molecule has 4 unspecified atom stereocenters. The summed E-state index contributed by atoms with van der Waals surface area (Å²) in [7, 11) is 0. The van der Waals surface area contributed by atoms with E-state index in [-0.39, 0.29) is 6.10 Å². The summed E-state index contributed by atoms with van der Waals surface area (Å²) < 4.78 is 5.50. The van der Waals surface area contributed by atoms with E-state index in [0.717, 1.165) is 12.8 Å². The molecule has 17 heavy (non-hydrogen) atoms. The summed E-state index contributed by atoms with van der Waals surface area (Å²) in [5, 5.41) is 9.47. The van der Waals surface area contributed by atoms with Gasteiger partial charge < -0.3 is 9.84 Å². The molecule has 0 aromatic rings. The Kier molecular flexibility index (Phi) is 5.44. The predicted molar refractivity (Wildman–Crippen MR) is 67.5 cm³/mol. The van der Waals surface area contributed by atoms with Gasteiger partial charge in [-0.1, -0.05) is 34.1 Å². The van der Waals surface area contributed by atoms with Crippen LogP contribution in [-0.4, -0.2) is 23.3 Å². The molecular formula is C14H26O3. The molecule has 3 nitrogen and oxygen atoms in total. The van der Waals surface area contributed by atoms with Crippen LogP contribution in [0.5, 0.6) is 0 Å². The fourth-order valence-corrected chi connectivity index (χ4v) is 2.64. The molecule has 0 heterocycles. The molecule has 0 aliphatic heterocycles. The topological polar surface area (TPSA) is 46.5 Å². The average molecular weight is 242 g/mol. The Morgan fingerprint density at radius 3 is 2.59 bits per heavy atom. The van der Waals surface area contributed by atoms with Crippen LogP contribution in [0.15, 0.2) is 0 Å². The SMILES string of the molecule is CCC(O)C(=O)OC1CC(C)CCC1C(C)C. The van der Waals surface area contributed by atoms with Crippen LogP contribution >= 0.6 is 0 Å². The van der Waals surface area contributed by atoms with Gasteiger partial charge >= 0.3 is 5.97 Å². The highest BCUT2D eigenvalue weighted by molar-refractivity contribution is 5.74. The van der Waals surface area contributed by atoms with E-state index in [1.54, 1.807) is 6.92 Å². The lowest BCUT2D eigenvalue weighted by Gasteiger charge is -2.37. The Labute approximate surface area is 105 Å². The largest absolute Gasteiger partial charge is 0.460 e. The van der Waals surface area contributed by atoms with Crippen molar-refractivity contribution in [1.82, 2.24) is 0 Å². The molecule has 1 rings (SSSR count). The molecule has 0 saturated heterocycles. The van der Waals surface area contributed by atoms with E-state index < -0.39 is 12.1 Å². The van der Waals surface area contributed by atoms with Gasteiger partial charge in [0, 0.05) is 0 Å². The smallest absolute Gasteiger partial charge is 0.335 e. The zero-order valence-corrected chi connectivity index (χ0v) is 11.5. The van der Waals surface area contributed by atoms with Crippen LogP contribution in [-0.2, 0) is 9.53 Å². The van der Waals surface area contributed by atoms with Crippen LogP contribution in [0.4, 0.5) is 0 Å². The molecule has 3 heteroatoms. The molecular weight excluding hydrogens is 216 g/mol.